The maximum Gasteiger partial charge on any atom is 0.322 e. The van der Waals surface area contributed by atoms with E-state index in [0.29, 0.717) is 29.3 Å². The zero-order chi connectivity index (χ0) is 15.7. The molecule has 1 heterocycles. The fourth-order valence-corrected chi connectivity index (χ4v) is 2.32. The van der Waals surface area contributed by atoms with Gasteiger partial charge in [0.05, 0.1) is 6.61 Å². The molecule has 1 aromatic carbocycles. The van der Waals surface area contributed by atoms with Gasteiger partial charge in [-0.05, 0) is 31.0 Å². The SMILES string of the molecule is CN(C)c1nc2cc(NC(=O)N(CCO)C3CC3)ccc2o1. The van der Waals surface area contributed by atoms with Gasteiger partial charge in [0, 0.05) is 32.4 Å². The average Bonchev–Trinajstić information content (AvgIpc) is 3.22. The Morgan fingerprint density at radius 3 is 2.86 bits per heavy atom. The monoisotopic (exact) mass is 304 g/mol. The van der Waals surface area contributed by atoms with Crippen LogP contribution < -0.4 is 10.2 Å². The van der Waals surface area contributed by atoms with Gasteiger partial charge in [0.1, 0.15) is 5.52 Å². The maximum atomic E-state index is 12.3. The van der Waals surface area contributed by atoms with Crippen LogP contribution in [0, 0.1) is 0 Å². The van der Waals surface area contributed by atoms with Gasteiger partial charge in [-0.2, -0.15) is 4.98 Å². The highest BCUT2D eigenvalue weighted by Crippen LogP contribution is 2.28. The fraction of sp³-hybridized carbons (Fsp3) is 0.467. The van der Waals surface area contributed by atoms with Gasteiger partial charge >= 0.3 is 6.03 Å². The number of hydrogen-bond acceptors (Lipinski definition) is 5. The third-order valence-corrected chi connectivity index (χ3v) is 3.60. The van der Waals surface area contributed by atoms with Gasteiger partial charge in [0.15, 0.2) is 5.58 Å². The maximum absolute atomic E-state index is 12.3. The van der Waals surface area contributed by atoms with Crippen LogP contribution in [-0.2, 0) is 0 Å². The summed E-state index contributed by atoms with van der Waals surface area (Å²) in [5, 5.41) is 11.9. The van der Waals surface area contributed by atoms with E-state index in [-0.39, 0.29) is 18.7 Å². The molecule has 0 saturated heterocycles. The number of aromatic nitrogens is 1. The minimum atomic E-state index is -0.188. The highest BCUT2D eigenvalue weighted by atomic mass is 16.4. The van der Waals surface area contributed by atoms with Crippen LogP contribution in [0.3, 0.4) is 0 Å². The van der Waals surface area contributed by atoms with Gasteiger partial charge in [-0.3, -0.25) is 0 Å². The third-order valence-electron chi connectivity index (χ3n) is 3.60. The van der Waals surface area contributed by atoms with Crippen LogP contribution in [0.5, 0.6) is 0 Å². The van der Waals surface area contributed by atoms with Crippen molar-refractivity contribution in [3.8, 4) is 0 Å². The Morgan fingerprint density at radius 1 is 1.45 bits per heavy atom. The van der Waals surface area contributed by atoms with Gasteiger partial charge in [-0.25, -0.2) is 4.79 Å². The number of amides is 2. The highest BCUT2D eigenvalue weighted by Gasteiger charge is 2.32. The molecule has 0 spiro atoms. The van der Waals surface area contributed by atoms with E-state index < -0.39 is 0 Å². The molecule has 118 valence electrons. The molecule has 0 aliphatic heterocycles. The van der Waals surface area contributed by atoms with E-state index >= 15 is 0 Å². The van der Waals surface area contributed by atoms with Crippen LogP contribution in [0.4, 0.5) is 16.5 Å². The number of nitrogens with zero attached hydrogens (tertiary/aromatic N) is 3. The zero-order valence-corrected chi connectivity index (χ0v) is 12.7. The topological polar surface area (TPSA) is 81.8 Å². The molecular weight excluding hydrogens is 284 g/mol. The quantitative estimate of drug-likeness (QED) is 0.881. The van der Waals surface area contributed by atoms with Gasteiger partial charge in [-0.1, -0.05) is 0 Å². The first-order chi connectivity index (χ1) is 10.6. The lowest BCUT2D eigenvalue weighted by molar-refractivity contribution is 0.185. The largest absolute Gasteiger partial charge is 0.423 e. The van der Waals surface area contributed by atoms with Gasteiger partial charge in [-0.15, -0.1) is 0 Å². The molecule has 2 N–H and O–H groups in total. The summed E-state index contributed by atoms with van der Waals surface area (Å²) < 4.78 is 5.58. The molecule has 0 atom stereocenters. The molecule has 0 bridgehead atoms. The summed E-state index contributed by atoms with van der Waals surface area (Å²) in [6.45, 7) is 0.325. The predicted molar refractivity (Wildman–Crippen MR) is 84.2 cm³/mol. The first-order valence-corrected chi connectivity index (χ1v) is 7.35. The second kappa shape index (κ2) is 5.84. The zero-order valence-electron chi connectivity index (χ0n) is 12.7. The van der Waals surface area contributed by atoms with Gasteiger partial charge in [0.2, 0.25) is 0 Å². The van der Waals surface area contributed by atoms with Gasteiger partial charge < -0.3 is 24.6 Å². The van der Waals surface area contributed by atoms with E-state index in [9.17, 15) is 4.79 Å². The number of carbonyl (C=O) groups is 1. The van der Waals surface area contributed by atoms with Crippen molar-refractivity contribution in [2.45, 2.75) is 18.9 Å². The molecule has 7 nitrogen and oxygen atoms in total. The Labute approximate surface area is 128 Å². The summed E-state index contributed by atoms with van der Waals surface area (Å²) in [4.78, 5) is 20.1. The molecule has 1 aromatic heterocycles. The van der Waals surface area contributed by atoms with E-state index in [2.05, 4.69) is 10.3 Å². The predicted octanol–water partition coefficient (Wildman–Crippen LogP) is 1.88. The average molecular weight is 304 g/mol. The lowest BCUT2D eigenvalue weighted by atomic mass is 10.3. The molecule has 1 fully saturated rings. The van der Waals surface area contributed by atoms with Crippen molar-refractivity contribution in [2.75, 3.05) is 37.5 Å². The van der Waals surface area contributed by atoms with Crippen molar-refractivity contribution in [2.24, 2.45) is 0 Å². The van der Waals surface area contributed by atoms with Gasteiger partial charge in [0.25, 0.3) is 6.01 Å². The fourth-order valence-electron chi connectivity index (χ4n) is 2.32. The number of nitrogens with one attached hydrogen (secondary N) is 1. The summed E-state index contributed by atoms with van der Waals surface area (Å²) >= 11 is 0. The number of urea groups is 1. The van der Waals surface area contributed by atoms with Crippen LogP contribution in [0.25, 0.3) is 11.1 Å². The van der Waals surface area contributed by atoms with E-state index in [0.717, 1.165) is 12.8 Å². The lowest BCUT2D eigenvalue weighted by Gasteiger charge is -2.21. The molecule has 1 saturated carbocycles. The van der Waals surface area contributed by atoms with E-state index in [1.54, 1.807) is 28.0 Å². The molecule has 0 unspecified atom stereocenters. The Kier molecular flexibility index (Phi) is 3.89. The van der Waals surface area contributed by atoms with E-state index in [4.69, 9.17) is 9.52 Å². The van der Waals surface area contributed by atoms with E-state index in [1.807, 2.05) is 14.1 Å². The number of benzene rings is 1. The molecule has 2 amide bonds. The number of rotatable bonds is 5. The number of oxazole rings is 1. The van der Waals surface area contributed by atoms with Crippen molar-refractivity contribution < 1.29 is 14.3 Å². The summed E-state index contributed by atoms with van der Waals surface area (Å²) in [6.07, 6.45) is 2.00. The van der Waals surface area contributed by atoms with Crippen molar-refractivity contribution >= 4 is 28.8 Å². The Bertz CT molecular complexity index is 678. The molecule has 7 heteroatoms. The van der Waals surface area contributed by atoms with Crippen molar-refractivity contribution in [3.63, 3.8) is 0 Å². The second-order valence-electron chi connectivity index (χ2n) is 5.65. The number of fused-ring (bicyclic) bond motifs is 1. The third kappa shape index (κ3) is 2.99. The summed E-state index contributed by atoms with van der Waals surface area (Å²) in [5.74, 6) is 0. The minimum Gasteiger partial charge on any atom is -0.423 e. The Balaban J connectivity index is 1.76. The number of carbonyl (C=O) groups excluding carboxylic acids is 1. The summed E-state index contributed by atoms with van der Waals surface area (Å²) in [7, 11) is 3.71. The Hall–Kier alpha value is -2.28. The minimum absolute atomic E-state index is 0.0293. The molecule has 1 aliphatic carbocycles. The first kappa shape index (κ1) is 14.6. The second-order valence-corrected chi connectivity index (χ2v) is 5.65. The van der Waals surface area contributed by atoms with Crippen LogP contribution in [0.1, 0.15) is 12.8 Å². The van der Waals surface area contributed by atoms with Crippen LogP contribution in [0.15, 0.2) is 22.6 Å². The molecule has 1 aliphatic rings. The van der Waals surface area contributed by atoms with Crippen LogP contribution in [-0.4, -0.2) is 54.3 Å². The smallest absolute Gasteiger partial charge is 0.322 e. The summed E-state index contributed by atoms with van der Waals surface area (Å²) in [6, 6.07) is 5.95. The molecular formula is C15H20N4O3. The van der Waals surface area contributed by atoms with Crippen molar-refractivity contribution in [3.05, 3.63) is 18.2 Å². The number of aliphatic hydroxyl groups is 1. The number of anilines is 2. The van der Waals surface area contributed by atoms with Crippen LogP contribution >= 0.6 is 0 Å². The Morgan fingerprint density at radius 2 is 2.23 bits per heavy atom. The molecule has 22 heavy (non-hydrogen) atoms. The van der Waals surface area contributed by atoms with Crippen molar-refractivity contribution in [1.82, 2.24) is 9.88 Å². The molecule has 3 rings (SSSR count). The summed E-state index contributed by atoms with van der Waals surface area (Å²) in [5.41, 5.74) is 2.04. The normalized spacial score (nSPS) is 14.1. The standard InChI is InChI=1S/C15H20N4O3/c1-18(2)15-17-12-9-10(3-6-13(12)22-15)16-14(21)19(7-8-20)11-4-5-11/h3,6,9,11,20H,4-5,7-8H2,1-2H3,(H,16,21). The molecule has 0 radical (unpaired) electrons. The highest BCUT2D eigenvalue weighted by molar-refractivity contribution is 5.92. The lowest BCUT2D eigenvalue weighted by Crippen LogP contribution is -2.38. The number of aliphatic hydroxyl groups excluding tert-OH is 1. The first-order valence-electron chi connectivity index (χ1n) is 7.35. The van der Waals surface area contributed by atoms with Crippen LogP contribution in [0.2, 0.25) is 0 Å². The number of hydrogen-bond donors (Lipinski definition) is 2. The van der Waals surface area contributed by atoms with E-state index in [1.165, 1.54) is 0 Å². The van der Waals surface area contributed by atoms with Crippen molar-refractivity contribution in [1.29, 1.82) is 0 Å². The molecule has 2 aromatic rings.